The minimum absolute atomic E-state index is 0.0234. The Bertz CT molecular complexity index is 1400. The van der Waals surface area contributed by atoms with Gasteiger partial charge in [0.1, 0.15) is 0 Å². The molecule has 2 amide bonds. The number of aromatic nitrogens is 2. The molecule has 176 valence electrons. The summed E-state index contributed by atoms with van der Waals surface area (Å²) in [6.07, 6.45) is 5.25. The maximum Gasteiger partial charge on any atom is 0.269 e. The predicted molar refractivity (Wildman–Crippen MR) is 127 cm³/mol. The maximum absolute atomic E-state index is 12.7. The average Bonchev–Trinajstić information content (AvgIpc) is 3.47. The second-order valence-corrected chi connectivity index (χ2v) is 10.4. The van der Waals surface area contributed by atoms with Crippen LogP contribution < -0.4 is 16.2 Å². The summed E-state index contributed by atoms with van der Waals surface area (Å²) in [6, 6.07) is 11.7. The van der Waals surface area contributed by atoms with Crippen LogP contribution in [0, 0.1) is 5.92 Å². The lowest BCUT2D eigenvalue weighted by Crippen LogP contribution is -2.20. The van der Waals surface area contributed by atoms with E-state index in [0.717, 1.165) is 42.4 Å². The third-order valence-electron chi connectivity index (χ3n) is 6.63. The Balaban J connectivity index is 1.59. The number of hydrogen-bond donors (Lipinski definition) is 3. The van der Waals surface area contributed by atoms with E-state index in [4.69, 9.17) is 10.9 Å². The number of sulfonamides is 1. The van der Waals surface area contributed by atoms with Crippen LogP contribution in [0.25, 0.3) is 16.9 Å². The molecule has 34 heavy (non-hydrogen) atoms. The van der Waals surface area contributed by atoms with Gasteiger partial charge in [0.15, 0.2) is 5.69 Å². The van der Waals surface area contributed by atoms with E-state index in [1.165, 1.54) is 12.1 Å². The number of nitrogens with two attached hydrogens (primary N) is 2. The van der Waals surface area contributed by atoms with Crippen LogP contribution >= 0.6 is 0 Å². The lowest BCUT2D eigenvalue weighted by atomic mass is 9.88. The van der Waals surface area contributed by atoms with Crippen molar-refractivity contribution in [3.8, 4) is 16.9 Å². The molecule has 2 aliphatic rings. The summed E-state index contributed by atoms with van der Waals surface area (Å²) >= 11 is 0. The number of carbonyl (C=O) groups is 2. The zero-order chi connectivity index (χ0) is 24.0. The first-order valence-electron chi connectivity index (χ1n) is 11.2. The smallest absolute Gasteiger partial charge is 0.269 e. The summed E-state index contributed by atoms with van der Waals surface area (Å²) in [6.45, 7) is 0. The van der Waals surface area contributed by atoms with E-state index in [0.29, 0.717) is 29.9 Å². The first-order valence-corrected chi connectivity index (χ1v) is 12.8. The molecule has 0 atom stereocenters. The normalized spacial score (nSPS) is 15.6. The minimum Gasteiger partial charge on any atom is -0.364 e. The Morgan fingerprint density at radius 3 is 2.38 bits per heavy atom. The van der Waals surface area contributed by atoms with E-state index in [1.54, 1.807) is 16.8 Å². The van der Waals surface area contributed by atoms with Crippen molar-refractivity contribution in [2.75, 3.05) is 5.32 Å². The molecule has 0 spiro atoms. The van der Waals surface area contributed by atoms with E-state index in [-0.39, 0.29) is 22.4 Å². The van der Waals surface area contributed by atoms with Crippen molar-refractivity contribution in [2.24, 2.45) is 16.8 Å². The second kappa shape index (κ2) is 8.37. The summed E-state index contributed by atoms with van der Waals surface area (Å²) in [7, 11) is -3.84. The monoisotopic (exact) mass is 479 g/mol. The molecule has 3 aromatic rings. The zero-order valence-corrected chi connectivity index (χ0v) is 19.3. The number of fused-ring (bicyclic) bond motifs is 3. The van der Waals surface area contributed by atoms with Gasteiger partial charge in [-0.05, 0) is 67.6 Å². The van der Waals surface area contributed by atoms with Crippen LogP contribution in [0.1, 0.15) is 47.3 Å². The molecule has 10 heteroatoms. The van der Waals surface area contributed by atoms with E-state index < -0.39 is 15.9 Å². The standard InChI is InChI=1S/C24H25N5O4S/c25-23(30)21-19-12-6-14-5-7-16(27-24(31)15-3-1-2-4-15)13-20(14)22(19)29(28-21)17-8-10-18(11-9-17)34(26,32)33/h5,7-11,13,15H,1-4,6,12H2,(H2,25,30)(H,27,31)(H2,26,32,33). The first-order chi connectivity index (χ1) is 16.2. The van der Waals surface area contributed by atoms with E-state index in [9.17, 15) is 18.0 Å². The number of primary amides is 1. The Morgan fingerprint density at radius 2 is 1.74 bits per heavy atom. The fraction of sp³-hybridized carbons (Fsp3) is 0.292. The number of benzene rings is 2. The number of anilines is 1. The van der Waals surface area contributed by atoms with Crippen LogP contribution in [0.4, 0.5) is 5.69 Å². The molecule has 5 rings (SSSR count). The molecule has 0 radical (unpaired) electrons. The van der Waals surface area contributed by atoms with Gasteiger partial charge in [-0.2, -0.15) is 5.10 Å². The van der Waals surface area contributed by atoms with Crippen molar-refractivity contribution in [3.63, 3.8) is 0 Å². The van der Waals surface area contributed by atoms with Crippen molar-refractivity contribution in [1.29, 1.82) is 0 Å². The zero-order valence-electron chi connectivity index (χ0n) is 18.5. The number of carbonyl (C=O) groups excluding carboxylic acids is 2. The number of nitrogens with one attached hydrogen (secondary N) is 1. The lowest BCUT2D eigenvalue weighted by Gasteiger charge is -2.20. The summed E-state index contributed by atoms with van der Waals surface area (Å²) in [5.74, 6) is -0.570. The van der Waals surface area contributed by atoms with Gasteiger partial charge in [-0.3, -0.25) is 9.59 Å². The van der Waals surface area contributed by atoms with Crippen LogP contribution in [-0.4, -0.2) is 30.0 Å². The van der Waals surface area contributed by atoms with Crippen molar-refractivity contribution in [2.45, 2.75) is 43.4 Å². The van der Waals surface area contributed by atoms with Crippen LogP contribution in [-0.2, 0) is 27.7 Å². The molecule has 5 N–H and O–H groups in total. The number of aryl methyl sites for hydroxylation is 1. The molecule has 1 saturated carbocycles. The van der Waals surface area contributed by atoms with Gasteiger partial charge in [-0.1, -0.05) is 18.9 Å². The molecule has 0 saturated heterocycles. The van der Waals surface area contributed by atoms with Crippen LogP contribution in [0.15, 0.2) is 47.4 Å². The number of amides is 2. The van der Waals surface area contributed by atoms with Crippen LogP contribution in [0.5, 0.6) is 0 Å². The van der Waals surface area contributed by atoms with E-state index in [1.807, 2.05) is 18.2 Å². The van der Waals surface area contributed by atoms with Gasteiger partial charge in [0.25, 0.3) is 5.91 Å². The van der Waals surface area contributed by atoms with Crippen molar-refractivity contribution < 1.29 is 18.0 Å². The largest absolute Gasteiger partial charge is 0.364 e. The summed E-state index contributed by atoms with van der Waals surface area (Å²) < 4.78 is 24.9. The fourth-order valence-corrected chi connectivity index (χ4v) is 5.43. The van der Waals surface area contributed by atoms with Crippen molar-refractivity contribution >= 4 is 27.5 Å². The van der Waals surface area contributed by atoms with E-state index in [2.05, 4.69) is 10.4 Å². The third kappa shape index (κ3) is 3.99. The highest BCUT2D eigenvalue weighted by atomic mass is 32.2. The van der Waals surface area contributed by atoms with Gasteiger partial charge >= 0.3 is 0 Å². The Labute approximate surface area is 197 Å². The molecule has 0 aliphatic heterocycles. The molecular formula is C24H25N5O4S. The number of nitrogens with zero attached hydrogens (tertiary/aromatic N) is 2. The molecule has 1 aromatic heterocycles. The van der Waals surface area contributed by atoms with Gasteiger partial charge in [0.05, 0.1) is 16.3 Å². The van der Waals surface area contributed by atoms with Gasteiger partial charge in [-0.25, -0.2) is 18.2 Å². The molecule has 1 heterocycles. The molecule has 0 bridgehead atoms. The van der Waals surface area contributed by atoms with Crippen molar-refractivity contribution in [1.82, 2.24) is 9.78 Å². The number of hydrogen-bond acceptors (Lipinski definition) is 5. The quantitative estimate of drug-likeness (QED) is 0.514. The molecule has 2 aliphatic carbocycles. The predicted octanol–water partition coefficient (Wildman–Crippen LogP) is 2.51. The molecule has 1 fully saturated rings. The second-order valence-electron chi connectivity index (χ2n) is 8.83. The topological polar surface area (TPSA) is 150 Å². The molecular weight excluding hydrogens is 454 g/mol. The van der Waals surface area contributed by atoms with Crippen LogP contribution in [0.2, 0.25) is 0 Å². The highest BCUT2D eigenvalue weighted by Crippen LogP contribution is 2.38. The maximum atomic E-state index is 12.7. The Kier molecular flexibility index (Phi) is 5.49. The third-order valence-corrected chi connectivity index (χ3v) is 7.56. The van der Waals surface area contributed by atoms with E-state index >= 15 is 0 Å². The van der Waals surface area contributed by atoms with Gasteiger partial charge in [0, 0.05) is 22.7 Å². The van der Waals surface area contributed by atoms with Gasteiger partial charge in [0.2, 0.25) is 15.9 Å². The summed E-state index contributed by atoms with van der Waals surface area (Å²) in [5, 5.41) is 12.7. The van der Waals surface area contributed by atoms with Crippen molar-refractivity contribution in [3.05, 3.63) is 59.3 Å². The molecule has 9 nitrogen and oxygen atoms in total. The highest BCUT2D eigenvalue weighted by Gasteiger charge is 2.29. The molecule has 0 unspecified atom stereocenters. The number of rotatable bonds is 5. The minimum atomic E-state index is -3.84. The summed E-state index contributed by atoms with van der Waals surface area (Å²) in [4.78, 5) is 24.8. The Hall–Kier alpha value is -3.50. The molecule has 2 aromatic carbocycles. The number of primary sulfonamides is 1. The fourth-order valence-electron chi connectivity index (χ4n) is 4.91. The first kappa shape index (κ1) is 22.3. The highest BCUT2D eigenvalue weighted by molar-refractivity contribution is 7.89. The van der Waals surface area contributed by atoms with Gasteiger partial charge in [-0.15, -0.1) is 0 Å². The average molecular weight is 480 g/mol. The van der Waals surface area contributed by atoms with Gasteiger partial charge < -0.3 is 11.1 Å². The van der Waals surface area contributed by atoms with Crippen LogP contribution in [0.3, 0.4) is 0 Å². The Morgan fingerprint density at radius 1 is 1.03 bits per heavy atom. The lowest BCUT2D eigenvalue weighted by molar-refractivity contribution is -0.119. The SMILES string of the molecule is NC(=O)c1nn(-c2ccc(S(N)(=O)=O)cc2)c2c1CCc1ccc(NC(=O)C3CCCC3)cc1-2. The summed E-state index contributed by atoms with van der Waals surface area (Å²) in [5.41, 5.74) is 10.4.